The third-order valence-corrected chi connectivity index (χ3v) is 5.33. The number of hydrogen-bond donors (Lipinski definition) is 0. The van der Waals surface area contributed by atoms with E-state index < -0.39 is 0 Å². The Kier molecular flexibility index (Phi) is 6.30. The third kappa shape index (κ3) is 4.40. The summed E-state index contributed by atoms with van der Waals surface area (Å²) in [4.78, 5) is 13.8. The Balaban J connectivity index is 2.12. The van der Waals surface area contributed by atoms with Crippen molar-refractivity contribution in [1.29, 1.82) is 0 Å². The van der Waals surface area contributed by atoms with E-state index in [1.165, 1.54) is 11.6 Å². The molecule has 2 aromatic heterocycles. The summed E-state index contributed by atoms with van der Waals surface area (Å²) in [6, 6.07) is 7.77. The van der Waals surface area contributed by atoms with Gasteiger partial charge >= 0.3 is 0 Å². The molecule has 0 saturated carbocycles. The van der Waals surface area contributed by atoms with Crippen LogP contribution in [0.5, 0.6) is 0 Å². The molecule has 0 aliphatic rings. The molecule has 0 atom stereocenters. The predicted octanol–water partition coefficient (Wildman–Crippen LogP) is 5.85. The molecular formula is C25H32FN4+. The van der Waals surface area contributed by atoms with Gasteiger partial charge in [-0.1, -0.05) is 53.7 Å². The van der Waals surface area contributed by atoms with Crippen LogP contribution in [0.2, 0.25) is 0 Å². The topological polar surface area (TPSA) is 42.6 Å². The maximum atomic E-state index is 15.3. The monoisotopic (exact) mass is 407 g/mol. The van der Waals surface area contributed by atoms with Gasteiger partial charge in [0.25, 0.3) is 0 Å². The van der Waals surface area contributed by atoms with Crippen molar-refractivity contribution in [2.45, 2.75) is 66.2 Å². The smallest absolute Gasteiger partial charge is 0.217 e. The van der Waals surface area contributed by atoms with Crippen LogP contribution >= 0.6 is 0 Å². The number of halogens is 1. The molecular weight excluding hydrogens is 375 g/mol. The van der Waals surface area contributed by atoms with E-state index in [1.807, 2.05) is 30.8 Å². The summed E-state index contributed by atoms with van der Waals surface area (Å²) in [6.07, 6.45) is 1.90. The normalized spacial score (nSPS) is 11.7. The Hall–Kier alpha value is -2.69. The molecule has 0 bridgehead atoms. The van der Waals surface area contributed by atoms with Gasteiger partial charge in [-0.25, -0.2) is 15.0 Å². The fourth-order valence-electron chi connectivity index (χ4n) is 3.49. The standard InChI is InChI=1S/C25H32FN4/c1-14(2)18-9-10-20(17(7)11-18)22-21(26)12-19(13-30(22)8)25-28-23(15(3)4)27-24(29-25)16(5)6/h9-16H,1-8H3/q+1. The summed E-state index contributed by atoms with van der Waals surface area (Å²) in [6.45, 7) is 14.6. The predicted molar refractivity (Wildman–Crippen MR) is 119 cm³/mol. The first-order valence-corrected chi connectivity index (χ1v) is 10.6. The summed E-state index contributed by atoms with van der Waals surface area (Å²) in [5.41, 5.74) is 4.43. The summed E-state index contributed by atoms with van der Waals surface area (Å²) in [7, 11) is 1.87. The number of benzene rings is 1. The molecule has 2 heterocycles. The number of aryl methyl sites for hydroxylation is 2. The maximum Gasteiger partial charge on any atom is 0.248 e. The molecule has 30 heavy (non-hydrogen) atoms. The Bertz CT molecular complexity index is 1020. The van der Waals surface area contributed by atoms with Gasteiger partial charge in [-0.3, -0.25) is 0 Å². The zero-order valence-electron chi connectivity index (χ0n) is 19.3. The fourth-order valence-corrected chi connectivity index (χ4v) is 3.49. The molecule has 5 heteroatoms. The lowest BCUT2D eigenvalue weighted by Gasteiger charge is -2.12. The molecule has 0 amide bonds. The van der Waals surface area contributed by atoms with E-state index in [0.29, 0.717) is 23.0 Å². The van der Waals surface area contributed by atoms with Gasteiger partial charge < -0.3 is 0 Å². The molecule has 4 nitrogen and oxygen atoms in total. The van der Waals surface area contributed by atoms with Crippen LogP contribution in [0.1, 0.15) is 82.1 Å². The number of pyridine rings is 1. The summed E-state index contributed by atoms with van der Waals surface area (Å²) < 4.78 is 17.2. The first-order valence-electron chi connectivity index (χ1n) is 10.6. The van der Waals surface area contributed by atoms with Crippen molar-refractivity contribution < 1.29 is 8.96 Å². The molecule has 0 radical (unpaired) electrons. The highest BCUT2D eigenvalue weighted by molar-refractivity contribution is 5.64. The Morgan fingerprint density at radius 3 is 1.90 bits per heavy atom. The minimum Gasteiger partial charge on any atom is -0.217 e. The summed E-state index contributed by atoms with van der Waals surface area (Å²) in [5.74, 6) is 2.48. The van der Waals surface area contributed by atoms with Gasteiger partial charge in [0.15, 0.2) is 17.8 Å². The zero-order valence-corrected chi connectivity index (χ0v) is 19.3. The van der Waals surface area contributed by atoms with E-state index in [1.54, 1.807) is 0 Å². The van der Waals surface area contributed by atoms with E-state index >= 15 is 4.39 Å². The van der Waals surface area contributed by atoms with Crippen LogP contribution in [0.15, 0.2) is 30.5 Å². The van der Waals surface area contributed by atoms with Gasteiger partial charge in [0.05, 0.1) is 11.1 Å². The lowest BCUT2D eigenvalue weighted by molar-refractivity contribution is -0.661. The number of nitrogens with zero attached hydrogens (tertiary/aromatic N) is 4. The van der Waals surface area contributed by atoms with E-state index in [0.717, 1.165) is 22.8 Å². The molecule has 0 fully saturated rings. The van der Waals surface area contributed by atoms with Crippen molar-refractivity contribution in [1.82, 2.24) is 15.0 Å². The molecule has 0 N–H and O–H groups in total. The average Bonchev–Trinajstić information content (AvgIpc) is 2.67. The number of hydrogen-bond acceptors (Lipinski definition) is 3. The first kappa shape index (κ1) is 22.0. The summed E-state index contributed by atoms with van der Waals surface area (Å²) in [5, 5.41) is 0. The second-order valence-electron chi connectivity index (χ2n) is 8.95. The number of rotatable bonds is 5. The van der Waals surface area contributed by atoms with E-state index in [4.69, 9.17) is 0 Å². The second-order valence-corrected chi connectivity index (χ2v) is 8.95. The molecule has 0 aliphatic carbocycles. The zero-order chi connectivity index (χ0) is 22.2. The molecule has 3 aromatic rings. The van der Waals surface area contributed by atoms with Gasteiger partial charge in [-0.15, -0.1) is 0 Å². The van der Waals surface area contributed by atoms with Gasteiger partial charge in [0.2, 0.25) is 5.69 Å². The molecule has 158 valence electrons. The summed E-state index contributed by atoms with van der Waals surface area (Å²) >= 11 is 0. The van der Waals surface area contributed by atoms with Crippen molar-refractivity contribution in [2.24, 2.45) is 7.05 Å². The molecule has 0 aliphatic heterocycles. The van der Waals surface area contributed by atoms with E-state index in [9.17, 15) is 0 Å². The van der Waals surface area contributed by atoms with Crippen molar-refractivity contribution >= 4 is 0 Å². The highest BCUT2D eigenvalue weighted by Crippen LogP contribution is 2.28. The second kappa shape index (κ2) is 8.58. The van der Waals surface area contributed by atoms with Gasteiger partial charge in [-0.05, 0) is 36.1 Å². The molecule has 0 saturated heterocycles. The van der Waals surface area contributed by atoms with Crippen LogP contribution in [0.3, 0.4) is 0 Å². The molecule has 1 aromatic carbocycles. The average molecular weight is 408 g/mol. The van der Waals surface area contributed by atoms with E-state index in [-0.39, 0.29) is 17.7 Å². The first-order chi connectivity index (χ1) is 14.1. The molecule has 0 unspecified atom stereocenters. The van der Waals surface area contributed by atoms with Crippen molar-refractivity contribution in [3.63, 3.8) is 0 Å². The third-order valence-electron chi connectivity index (χ3n) is 5.33. The molecule has 3 rings (SSSR count). The van der Waals surface area contributed by atoms with Crippen LogP contribution in [-0.4, -0.2) is 15.0 Å². The lowest BCUT2D eigenvalue weighted by atomic mass is 9.96. The Labute approximate surface area is 179 Å². The largest absolute Gasteiger partial charge is 0.248 e. The van der Waals surface area contributed by atoms with Gasteiger partial charge in [-0.2, -0.15) is 8.96 Å². The highest BCUT2D eigenvalue weighted by atomic mass is 19.1. The lowest BCUT2D eigenvalue weighted by Crippen LogP contribution is -2.32. The van der Waals surface area contributed by atoms with E-state index in [2.05, 4.69) is 68.6 Å². The van der Waals surface area contributed by atoms with Crippen LogP contribution in [0.4, 0.5) is 4.39 Å². The minimum atomic E-state index is -0.284. The van der Waals surface area contributed by atoms with Crippen molar-refractivity contribution in [3.8, 4) is 22.6 Å². The van der Waals surface area contributed by atoms with Crippen LogP contribution in [0.25, 0.3) is 22.6 Å². The van der Waals surface area contributed by atoms with Crippen molar-refractivity contribution in [3.05, 3.63) is 59.1 Å². The Morgan fingerprint density at radius 1 is 0.833 bits per heavy atom. The van der Waals surface area contributed by atoms with Gasteiger partial charge in [0.1, 0.15) is 18.7 Å². The SMILES string of the molecule is Cc1cc(C(C)C)ccc1-c1c(F)cc(-c2nc(C(C)C)nc(C(C)C)n2)c[n+]1C. The highest BCUT2D eigenvalue weighted by Gasteiger charge is 2.23. The Morgan fingerprint density at radius 2 is 1.43 bits per heavy atom. The number of aromatic nitrogens is 4. The van der Waals surface area contributed by atoms with Crippen molar-refractivity contribution in [2.75, 3.05) is 0 Å². The van der Waals surface area contributed by atoms with Gasteiger partial charge in [0, 0.05) is 11.8 Å². The maximum absolute atomic E-state index is 15.3. The van der Waals surface area contributed by atoms with Crippen LogP contribution in [-0.2, 0) is 7.05 Å². The van der Waals surface area contributed by atoms with Crippen LogP contribution < -0.4 is 4.57 Å². The quantitative estimate of drug-likeness (QED) is 0.498. The van der Waals surface area contributed by atoms with Crippen LogP contribution in [0, 0.1) is 12.7 Å². The minimum absolute atomic E-state index is 0.171. The molecule has 0 spiro atoms. The fraction of sp³-hybridized carbons (Fsp3) is 0.440.